The smallest absolute Gasteiger partial charge is 0.0686 e. The first-order valence-corrected chi connectivity index (χ1v) is 9.00. The van der Waals surface area contributed by atoms with Gasteiger partial charge in [-0.15, -0.1) is 0 Å². The Bertz CT molecular complexity index is 356. The van der Waals surface area contributed by atoms with Crippen molar-refractivity contribution in [1.29, 1.82) is 0 Å². The zero-order chi connectivity index (χ0) is 13.7. The molecule has 2 spiro atoms. The van der Waals surface area contributed by atoms with Crippen LogP contribution in [0.5, 0.6) is 0 Å². The van der Waals surface area contributed by atoms with E-state index >= 15 is 0 Å². The summed E-state index contributed by atoms with van der Waals surface area (Å²) in [4.78, 5) is 0. The number of ether oxygens (including phenoxy) is 1. The van der Waals surface area contributed by atoms with Crippen molar-refractivity contribution in [3.8, 4) is 0 Å². The standard InChI is InChI=1S/C18H30O2/c19-18(11-9-16(10-12-18)5-1-2-6-16)15-4-13-20-17(14-15)7-3-8-17/h15,19H,1-14H2. The summed E-state index contributed by atoms with van der Waals surface area (Å²) in [6, 6.07) is 0. The molecule has 20 heavy (non-hydrogen) atoms. The zero-order valence-electron chi connectivity index (χ0n) is 12.8. The minimum atomic E-state index is -0.361. The van der Waals surface area contributed by atoms with Gasteiger partial charge < -0.3 is 9.84 Å². The van der Waals surface area contributed by atoms with Gasteiger partial charge in [0.2, 0.25) is 0 Å². The monoisotopic (exact) mass is 278 g/mol. The van der Waals surface area contributed by atoms with E-state index in [1.54, 1.807) is 0 Å². The van der Waals surface area contributed by atoms with Crippen LogP contribution in [0.2, 0.25) is 0 Å². The van der Waals surface area contributed by atoms with Gasteiger partial charge in [-0.25, -0.2) is 0 Å². The third-order valence-corrected chi connectivity index (χ3v) is 7.36. The molecule has 1 saturated heterocycles. The van der Waals surface area contributed by atoms with Gasteiger partial charge in [0.15, 0.2) is 0 Å². The van der Waals surface area contributed by atoms with E-state index in [-0.39, 0.29) is 11.2 Å². The lowest BCUT2D eigenvalue weighted by atomic mass is 9.60. The van der Waals surface area contributed by atoms with Crippen LogP contribution in [0.25, 0.3) is 0 Å². The van der Waals surface area contributed by atoms with Crippen LogP contribution in [0.15, 0.2) is 0 Å². The van der Waals surface area contributed by atoms with Crippen LogP contribution in [0, 0.1) is 11.3 Å². The largest absolute Gasteiger partial charge is 0.390 e. The molecule has 3 aliphatic carbocycles. The normalized spacial score (nSPS) is 38.0. The van der Waals surface area contributed by atoms with Crippen molar-refractivity contribution in [2.75, 3.05) is 6.61 Å². The fraction of sp³-hybridized carbons (Fsp3) is 1.00. The molecule has 4 rings (SSSR count). The second-order valence-electron chi connectivity index (χ2n) is 8.39. The average Bonchev–Trinajstić information content (AvgIpc) is 2.90. The molecule has 1 atom stereocenters. The van der Waals surface area contributed by atoms with Crippen LogP contribution in [-0.2, 0) is 4.74 Å². The van der Waals surface area contributed by atoms with Gasteiger partial charge in [0.1, 0.15) is 0 Å². The first kappa shape index (κ1) is 13.6. The molecule has 1 heterocycles. The number of hydrogen-bond acceptors (Lipinski definition) is 2. The van der Waals surface area contributed by atoms with Crippen LogP contribution >= 0.6 is 0 Å². The molecule has 1 aliphatic heterocycles. The van der Waals surface area contributed by atoms with Gasteiger partial charge in [0.25, 0.3) is 0 Å². The van der Waals surface area contributed by atoms with E-state index in [0.717, 1.165) is 32.3 Å². The first-order chi connectivity index (χ1) is 9.64. The highest BCUT2D eigenvalue weighted by molar-refractivity contribution is 5.03. The highest BCUT2D eigenvalue weighted by Gasteiger charge is 2.51. The number of rotatable bonds is 1. The van der Waals surface area contributed by atoms with Crippen molar-refractivity contribution in [3.63, 3.8) is 0 Å². The lowest BCUT2D eigenvalue weighted by Crippen LogP contribution is -2.53. The molecule has 0 aromatic carbocycles. The van der Waals surface area contributed by atoms with E-state index in [9.17, 15) is 5.11 Å². The first-order valence-electron chi connectivity index (χ1n) is 9.00. The maximum atomic E-state index is 11.2. The number of hydrogen-bond donors (Lipinski definition) is 1. The van der Waals surface area contributed by atoms with Gasteiger partial charge in [-0.1, -0.05) is 12.8 Å². The van der Waals surface area contributed by atoms with Gasteiger partial charge in [0.05, 0.1) is 11.2 Å². The molecule has 0 bridgehead atoms. The van der Waals surface area contributed by atoms with E-state index in [1.807, 2.05) is 0 Å². The molecule has 0 aromatic rings. The minimum absolute atomic E-state index is 0.182. The van der Waals surface area contributed by atoms with Gasteiger partial charge in [0, 0.05) is 6.61 Å². The Morgan fingerprint density at radius 2 is 1.50 bits per heavy atom. The summed E-state index contributed by atoms with van der Waals surface area (Å²) in [5, 5.41) is 11.2. The van der Waals surface area contributed by atoms with Crippen molar-refractivity contribution in [2.45, 2.75) is 94.7 Å². The van der Waals surface area contributed by atoms with Gasteiger partial charge >= 0.3 is 0 Å². The molecule has 0 aromatic heterocycles. The van der Waals surface area contributed by atoms with Crippen molar-refractivity contribution in [1.82, 2.24) is 0 Å². The molecule has 1 unspecified atom stereocenters. The SMILES string of the molecule is OC1(C2CCOC3(CCC3)C2)CCC2(CCCC2)CC1. The third-order valence-electron chi connectivity index (χ3n) is 7.36. The number of aliphatic hydroxyl groups is 1. The lowest BCUT2D eigenvalue weighted by molar-refractivity contribution is -0.185. The average molecular weight is 278 g/mol. The second kappa shape index (κ2) is 4.71. The van der Waals surface area contributed by atoms with E-state index in [0.29, 0.717) is 11.3 Å². The Morgan fingerprint density at radius 3 is 2.10 bits per heavy atom. The highest BCUT2D eigenvalue weighted by atomic mass is 16.5. The van der Waals surface area contributed by atoms with Crippen LogP contribution in [0.4, 0.5) is 0 Å². The van der Waals surface area contributed by atoms with E-state index in [4.69, 9.17) is 4.74 Å². The Hall–Kier alpha value is -0.0800. The van der Waals surface area contributed by atoms with Crippen molar-refractivity contribution < 1.29 is 9.84 Å². The Balaban J connectivity index is 1.42. The van der Waals surface area contributed by atoms with Crippen LogP contribution in [-0.4, -0.2) is 22.9 Å². The van der Waals surface area contributed by atoms with Crippen LogP contribution in [0.1, 0.15) is 83.5 Å². The fourth-order valence-electron chi connectivity index (χ4n) is 5.65. The molecule has 114 valence electrons. The molecular formula is C18H30O2. The quantitative estimate of drug-likeness (QED) is 0.779. The summed E-state index contributed by atoms with van der Waals surface area (Å²) in [5.74, 6) is 0.510. The van der Waals surface area contributed by atoms with Gasteiger partial charge in [-0.3, -0.25) is 0 Å². The van der Waals surface area contributed by atoms with Crippen molar-refractivity contribution in [3.05, 3.63) is 0 Å². The molecule has 2 nitrogen and oxygen atoms in total. The highest BCUT2D eigenvalue weighted by Crippen LogP contribution is 2.55. The molecule has 3 saturated carbocycles. The fourth-order valence-corrected chi connectivity index (χ4v) is 5.65. The third kappa shape index (κ3) is 2.14. The lowest BCUT2D eigenvalue weighted by Gasteiger charge is -2.53. The van der Waals surface area contributed by atoms with E-state index in [2.05, 4.69) is 0 Å². The maximum absolute atomic E-state index is 11.2. The summed E-state index contributed by atoms with van der Waals surface area (Å²) < 4.78 is 6.05. The minimum Gasteiger partial charge on any atom is -0.390 e. The maximum Gasteiger partial charge on any atom is 0.0686 e. The van der Waals surface area contributed by atoms with E-state index in [1.165, 1.54) is 57.8 Å². The van der Waals surface area contributed by atoms with Crippen molar-refractivity contribution >= 4 is 0 Å². The molecule has 4 aliphatic rings. The predicted octanol–water partition coefficient (Wildman–Crippen LogP) is 4.20. The van der Waals surface area contributed by atoms with Gasteiger partial charge in [-0.05, 0) is 82.0 Å². The Morgan fingerprint density at radius 1 is 0.800 bits per heavy atom. The van der Waals surface area contributed by atoms with Crippen LogP contribution in [0.3, 0.4) is 0 Å². The van der Waals surface area contributed by atoms with Gasteiger partial charge in [-0.2, -0.15) is 0 Å². The molecule has 4 fully saturated rings. The van der Waals surface area contributed by atoms with Crippen LogP contribution < -0.4 is 0 Å². The molecule has 1 N–H and O–H groups in total. The zero-order valence-corrected chi connectivity index (χ0v) is 12.8. The second-order valence-corrected chi connectivity index (χ2v) is 8.39. The predicted molar refractivity (Wildman–Crippen MR) is 79.6 cm³/mol. The molecular weight excluding hydrogens is 248 g/mol. The Labute approximate surface area is 123 Å². The summed E-state index contributed by atoms with van der Waals surface area (Å²) in [6.07, 6.45) is 16.4. The van der Waals surface area contributed by atoms with E-state index < -0.39 is 0 Å². The summed E-state index contributed by atoms with van der Waals surface area (Å²) >= 11 is 0. The Kier molecular flexibility index (Phi) is 3.20. The molecule has 2 heteroatoms. The van der Waals surface area contributed by atoms with Crippen molar-refractivity contribution in [2.24, 2.45) is 11.3 Å². The summed E-state index contributed by atoms with van der Waals surface area (Å²) in [7, 11) is 0. The molecule has 0 amide bonds. The summed E-state index contributed by atoms with van der Waals surface area (Å²) in [5.41, 5.74) is 0.451. The topological polar surface area (TPSA) is 29.5 Å². The summed E-state index contributed by atoms with van der Waals surface area (Å²) in [6.45, 7) is 0.887. The molecule has 0 radical (unpaired) electrons.